The Morgan fingerprint density at radius 1 is 1.40 bits per heavy atom. The number of morpholine rings is 1. The summed E-state index contributed by atoms with van der Waals surface area (Å²) >= 11 is 0. The van der Waals surface area contributed by atoms with Gasteiger partial charge >= 0.3 is 0 Å². The molecule has 0 aliphatic carbocycles. The van der Waals surface area contributed by atoms with E-state index in [9.17, 15) is 4.79 Å². The van der Waals surface area contributed by atoms with Crippen LogP contribution in [0.1, 0.15) is 18.9 Å². The highest BCUT2D eigenvalue weighted by atomic mass is 16.5. The van der Waals surface area contributed by atoms with Crippen molar-refractivity contribution in [3.05, 3.63) is 29.8 Å². The molecule has 2 fully saturated rings. The Bertz CT molecular complexity index is 593. The van der Waals surface area contributed by atoms with Gasteiger partial charge in [0.05, 0.1) is 51.6 Å². The first kappa shape index (κ1) is 18.2. The molecule has 1 spiro atoms. The van der Waals surface area contributed by atoms with Crippen molar-refractivity contribution in [2.45, 2.75) is 31.4 Å². The molecule has 138 valence electrons. The van der Waals surface area contributed by atoms with Crippen molar-refractivity contribution >= 4 is 5.91 Å². The molecule has 0 bridgehead atoms. The van der Waals surface area contributed by atoms with E-state index >= 15 is 0 Å². The van der Waals surface area contributed by atoms with E-state index in [0.717, 1.165) is 17.7 Å². The summed E-state index contributed by atoms with van der Waals surface area (Å²) in [5.74, 6) is 0.875. The van der Waals surface area contributed by atoms with Crippen LogP contribution in [0.3, 0.4) is 0 Å². The molecular weight excluding hydrogens is 322 g/mol. The maximum atomic E-state index is 13.0. The van der Waals surface area contributed by atoms with Crippen LogP contribution in [0.4, 0.5) is 0 Å². The van der Waals surface area contributed by atoms with Crippen molar-refractivity contribution in [3.8, 4) is 5.75 Å². The molecule has 0 aromatic heterocycles. The Kier molecular flexibility index (Phi) is 5.93. The maximum Gasteiger partial charge on any atom is 0.227 e. The zero-order chi connectivity index (χ0) is 17.7. The van der Waals surface area contributed by atoms with Gasteiger partial charge in [0.25, 0.3) is 0 Å². The van der Waals surface area contributed by atoms with Gasteiger partial charge in [-0.1, -0.05) is 12.1 Å². The lowest BCUT2D eigenvalue weighted by atomic mass is 9.92. The van der Waals surface area contributed by atoms with Crippen LogP contribution < -0.4 is 4.74 Å². The predicted octanol–water partition coefficient (Wildman–Crippen LogP) is 1.66. The van der Waals surface area contributed by atoms with Gasteiger partial charge in [-0.2, -0.15) is 0 Å². The van der Waals surface area contributed by atoms with Gasteiger partial charge in [-0.3, -0.25) is 4.79 Å². The first-order valence-electron chi connectivity index (χ1n) is 8.87. The highest BCUT2D eigenvalue weighted by Crippen LogP contribution is 2.33. The molecule has 2 aliphatic heterocycles. The minimum Gasteiger partial charge on any atom is -0.497 e. The number of amides is 1. The van der Waals surface area contributed by atoms with E-state index in [0.29, 0.717) is 46.0 Å². The molecule has 0 radical (unpaired) electrons. The molecule has 2 aliphatic rings. The third-order valence-electron chi connectivity index (χ3n) is 4.90. The summed E-state index contributed by atoms with van der Waals surface area (Å²) in [5, 5.41) is 0. The lowest BCUT2D eigenvalue weighted by Crippen LogP contribution is -2.60. The van der Waals surface area contributed by atoms with Crippen LogP contribution in [-0.4, -0.2) is 69.1 Å². The number of hydrogen-bond donors (Lipinski definition) is 0. The van der Waals surface area contributed by atoms with E-state index in [1.165, 1.54) is 0 Å². The van der Waals surface area contributed by atoms with E-state index in [1.54, 1.807) is 7.11 Å². The minimum atomic E-state index is -0.365. The molecule has 0 N–H and O–H groups in total. The van der Waals surface area contributed by atoms with Crippen molar-refractivity contribution in [3.63, 3.8) is 0 Å². The lowest BCUT2D eigenvalue weighted by molar-refractivity contribution is -0.148. The molecule has 25 heavy (non-hydrogen) atoms. The molecule has 0 unspecified atom stereocenters. The van der Waals surface area contributed by atoms with Gasteiger partial charge in [0.1, 0.15) is 5.75 Å². The smallest absolute Gasteiger partial charge is 0.227 e. The number of carbonyl (C=O) groups excluding carboxylic acids is 1. The lowest BCUT2D eigenvalue weighted by Gasteiger charge is -2.43. The Morgan fingerprint density at radius 2 is 2.28 bits per heavy atom. The summed E-state index contributed by atoms with van der Waals surface area (Å²) in [5.41, 5.74) is 0.589. The predicted molar refractivity (Wildman–Crippen MR) is 92.8 cm³/mol. The van der Waals surface area contributed by atoms with Crippen molar-refractivity contribution in [1.29, 1.82) is 0 Å². The van der Waals surface area contributed by atoms with Crippen molar-refractivity contribution in [1.82, 2.24) is 4.90 Å². The topological polar surface area (TPSA) is 57.2 Å². The van der Waals surface area contributed by atoms with Crippen LogP contribution in [0.25, 0.3) is 0 Å². The van der Waals surface area contributed by atoms with E-state index in [1.807, 2.05) is 36.1 Å². The summed E-state index contributed by atoms with van der Waals surface area (Å²) in [7, 11) is 1.63. The van der Waals surface area contributed by atoms with E-state index in [-0.39, 0.29) is 17.6 Å². The molecule has 0 saturated carbocycles. The van der Waals surface area contributed by atoms with Crippen LogP contribution in [0, 0.1) is 0 Å². The van der Waals surface area contributed by atoms with E-state index in [2.05, 4.69) is 0 Å². The first-order chi connectivity index (χ1) is 12.2. The minimum absolute atomic E-state index is 0.0220. The van der Waals surface area contributed by atoms with Crippen LogP contribution in [0.5, 0.6) is 5.75 Å². The molecule has 6 nitrogen and oxygen atoms in total. The summed E-state index contributed by atoms with van der Waals surface area (Å²) in [6.07, 6.45) is 1.14. The van der Waals surface area contributed by atoms with Crippen LogP contribution in [0.2, 0.25) is 0 Å². The fourth-order valence-corrected chi connectivity index (χ4v) is 3.63. The average Bonchev–Trinajstić information content (AvgIpc) is 3.03. The fourth-order valence-electron chi connectivity index (χ4n) is 3.63. The van der Waals surface area contributed by atoms with Crippen molar-refractivity contribution < 1.29 is 23.7 Å². The third-order valence-corrected chi connectivity index (χ3v) is 4.90. The molecular formula is C19H27NO5. The van der Waals surface area contributed by atoms with Gasteiger partial charge in [-0.25, -0.2) is 0 Å². The van der Waals surface area contributed by atoms with Crippen LogP contribution in [0.15, 0.2) is 24.3 Å². The summed E-state index contributed by atoms with van der Waals surface area (Å²) in [6, 6.07) is 7.66. The van der Waals surface area contributed by atoms with Gasteiger partial charge in [0.2, 0.25) is 5.91 Å². The average molecular weight is 349 g/mol. The standard InChI is InChI=1S/C19H27NO5/c1-3-23-12-17-11-19(14-25-17)13-24-8-7-20(19)18(21)10-15-5-4-6-16(9-15)22-2/h4-6,9,17H,3,7-8,10-14H2,1-2H3/t17-,19-/m1/s1. The zero-order valence-electron chi connectivity index (χ0n) is 15.0. The molecule has 2 saturated heterocycles. The Balaban J connectivity index is 1.69. The molecule has 2 heterocycles. The van der Waals surface area contributed by atoms with Crippen LogP contribution in [-0.2, 0) is 25.4 Å². The zero-order valence-corrected chi connectivity index (χ0v) is 15.0. The number of carbonyl (C=O) groups is 1. The summed E-state index contributed by atoms with van der Waals surface area (Å²) < 4.78 is 22.3. The fraction of sp³-hybridized carbons (Fsp3) is 0.632. The number of benzene rings is 1. The number of hydrogen-bond acceptors (Lipinski definition) is 5. The van der Waals surface area contributed by atoms with Gasteiger partial charge in [0.15, 0.2) is 0 Å². The first-order valence-corrected chi connectivity index (χ1v) is 8.87. The van der Waals surface area contributed by atoms with Gasteiger partial charge in [0, 0.05) is 19.6 Å². The monoisotopic (exact) mass is 349 g/mol. The van der Waals surface area contributed by atoms with E-state index < -0.39 is 0 Å². The largest absolute Gasteiger partial charge is 0.497 e. The second-order valence-corrected chi connectivity index (χ2v) is 6.65. The molecule has 6 heteroatoms. The summed E-state index contributed by atoms with van der Waals surface area (Å²) in [4.78, 5) is 15.0. The van der Waals surface area contributed by atoms with Crippen LogP contribution >= 0.6 is 0 Å². The molecule has 3 rings (SSSR count). The third kappa shape index (κ3) is 4.14. The summed E-state index contributed by atoms with van der Waals surface area (Å²) in [6.45, 7) is 5.42. The SMILES string of the molecule is CCOC[C@H]1C[C@@]2(COCCN2C(=O)Cc2cccc(OC)c2)CO1. The molecule has 2 atom stereocenters. The number of methoxy groups -OCH3 is 1. The second kappa shape index (κ2) is 8.17. The van der Waals surface area contributed by atoms with Gasteiger partial charge in [-0.15, -0.1) is 0 Å². The number of nitrogens with zero attached hydrogens (tertiary/aromatic N) is 1. The van der Waals surface area contributed by atoms with Crippen molar-refractivity contribution in [2.75, 3.05) is 46.7 Å². The normalized spacial score (nSPS) is 26.2. The highest BCUT2D eigenvalue weighted by Gasteiger charge is 2.48. The number of ether oxygens (including phenoxy) is 4. The Morgan fingerprint density at radius 3 is 3.08 bits per heavy atom. The van der Waals surface area contributed by atoms with Gasteiger partial charge in [-0.05, 0) is 24.6 Å². The van der Waals surface area contributed by atoms with Gasteiger partial charge < -0.3 is 23.8 Å². The Labute approximate surface area is 149 Å². The number of rotatable bonds is 6. The maximum absolute atomic E-state index is 13.0. The quantitative estimate of drug-likeness (QED) is 0.782. The molecule has 1 amide bonds. The van der Waals surface area contributed by atoms with E-state index in [4.69, 9.17) is 18.9 Å². The van der Waals surface area contributed by atoms with Crippen molar-refractivity contribution in [2.24, 2.45) is 0 Å². The molecule has 1 aromatic rings. The second-order valence-electron chi connectivity index (χ2n) is 6.65. The Hall–Kier alpha value is -1.63. The molecule has 1 aromatic carbocycles. The highest BCUT2D eigenvalue weighted by molar-refractivity contribution is 5.80.